The molecule has 0 bridgehead atoms. The van der Waals surface area contributed by atoms with Gasteiger partial charge in [-0.25, -0.2) is 19.0 Å². The van der Waals surface area contributed by atoms with Crippen molar-refractivity contribution in [2.45, 2.75) is 6.92 Å². The van der Waals surface area contributed by atoms with Crippen LogP contribution < -0.4 is 4.90 Å². The summed E-state index contributed by atoms with van der Waals surface area (Å²) in [5, 5.41) is 4.87. The van der Waals surface area contributed by atoms with E-state index in [1.807, 2.05) is 30.3 Å². The summed E-state index contributed by atoms with van der Waals surface area (Å²) >= 11 is 5.84. The minimum absolute atomic E-state index is 0.171. The van der Waals surface area contributed by atoms with Gasteiger partial charge in [0.2, 0.25) is 0 Å². The molecule has 3 heterocycles. The van der Waals surface area contributed by atoms with E-state index < -0.39 is 17.6 Å². The molecule has 2 aromatic carbocycles. The minimum atomic E-state index is -0.629. The number of hydrogen-bond donors (Lipinski definition) is 0. The summed E-state index contributed by atoms with van der Waals surface area (Å²) in [5.41, 5.74) is 2.46. The van der Waals surface area contributed by atoms with E-state index in [2.05, 4.69) is 10.1 Å². The van der Waals surface area contributed by atoms with Gasteiger partial charge in [0.1, 0.15) is 5.82 Å². The summed E-state index contributed by atoms with van der Waals surface area (Å²) in [7, 11) is 0. The van der Waals surface area contributed by atoms with Crippen molar-refractivity contribution in [1.29, 1.82) is 0 Å². The first kappa shape index (κ1) is 17.5. The summed E-state index contributed by atoms with van der Waals surface area (Å²) in [6, 6.07) is 13.1. The van der Waals surface area contributed by atoms with Gasteiger partial charge in [0.15, 0.2) is 5.65 Å². The quantitative estimate of drug-likeness (QED) is 0.465. The molecular weight excluding hydrogens is 395 g/mol. The number of hydrogen-bond acceptors (Lipinski definition) is 4. The number of anilines is 1. The second-order valence-electron chi connectivity index (χ2n) is 6.62. The molecule has 29 heavy (non-hydrogen) atoms. The first-order chi connectivity index (χ1) is 14.0. The molecule has 0 radical (unpaired) electrons. The van der Waals surface area contributed by atoms with Gasteiger partial charge in [0.25, 0.3) is 11.8 Å². The van der Waals surface area contributed by atoms with Gasteiger partial charge in [-0.3, -0.25) is 9.59 Å². The lowest BCUT2D eigenvalue weighted by Gasteiger charge is -2.14. The van der Waals surface area contributed by atoms with Crippen LogP contribution in [0.5, 0.6) is 0 Å². The zero-order chi connectivity index (χ0) is 20.3. The van der Waals surface area contributed by atoms with Gasteiger partial charge >= 0.3 is 0 Å². The van der Waals surface area contributed by atoms with Crippen molar-refractivity contribution in [3.05, 3.63) is 82.4 Å². The van der Waals surface area contributed by atoms with E-state index in [9.17, 15) is 14.0 Å². The molecule has 0 fully saturated rings. The van der Waals surface area contributed by atoms with Crippen LogP contribution in [0.4, 0.5) is 10.1 Å². The highest BCUT2D eigenvalue weighted by molar-refractivity contribution is 6.38. The second kappa shape index (κ2) is 6.22. The standard InChI is InChI=1S/C21H12ClFN4O2/c1-11-17-18-14(10-24-19(17)27(25-11)12-5-3-2-4-6-12)20(28)26(21(18)29)13-7-8-16(23)15(22)9-13/h2-10H,1H3. The third kappa shape index (κ3) is 2.48. The molecular formula is C21H12ClFN4O2. The van der Waals surface area contributed by atoms with Gasteiger partial charge in [-0.05, 0) is 37.3 Å². The lowest BCUT2D eigenvalue weighted by atomic mass is 10.1. The van der Waals surface area contributed by atoms with E-state index >= 15 is 0 Å². The molecule has 0 atom stereocenters. The normalized spacial score (nSPS) is 13.4. The Morgan fingerprint density at radius 3 is 2.48 bits per heavy atom. The van der Waals surface area contributed by atoms with Crippen LogP contribution in [0.3, 0.4) is 0 Å². The van der Waals surface area contributed by atoms with E-state index in [4.69, 9.17) is 11.6 Å². The predicted octanol–water partition coefficient (Wildman–Crippen LogP) is 4.32. The molecule has 8 heteroatoms. The highest BCUT2D eigenvalue weighted by atomic mass is 35.5. The molecule has 142 valence electrons. The van der Waals surface area contributed by atoms with Gasteiger partial charge in [0.05, 0.1) is 38.6 Å². The van der Waals surface area contributed by atoms with Crippen LogP contribution in [0.15, 0.2) is 54.7 Å². The Balaban J connectivity index is 1.72. The molecule has 0 spiro atoms. The number of fused-ring (bicyclic) bond motifs is 3. The Labute approximate surface area is 169 Å². The van der Waals surface area contributed by atoms with Crippen LogP contribution in [0.25, 0.3) is 16.7 Å². The van der Waals surface area contributed by atoms with E-state index in [-0.39, 0.29) is 21.8 Å². The number of benzene rings is 2. The summed E-state index contributed by atoms with van der Waals surface area (Å²) in [4.78, 5) is 31.5. The van der Waals surface area contributed by atoms with Crippen LogP contribution in [0, 0.1) is 12.7 Å². The van der Waals surface area contributed by atoms with Crippen molar-refractivity contribution < 1.29 is 14.0 Å². The monoisotopic (exact) mass is 406 g/mol. The first-order valence-electron chi connectivity index (χ1n) is 8.75. The van der Waals surface area contributed by atoms with Gasteiger partial charge in [-0.2, -0.15) is 5.10 Å². The van der Waals surface area contributed by atoms with Gasteiger partial charge in [-0.1, -0.05) is 29.8 Å². The van der Waals surface area contributed by atoms with Crippen LogP contribution in [0.2, 0.25) is 5.02 Å². The highest BCUT2D eigenvalue weighted by Crippen LogP contribution is 2.35. The Kier molecular flexibility index (Phi) is 3.75. The zero-order valence-electron chi connectivity index (χ0n) is 15.1. The molecule has 1 aliphatic heterocycles. The third-order valence-corrected chi connectivity index (χ3v) is 5.17. The smallest absolute Gasteiger partial charge is 0.267 e. The number of para-hydroxylation sites is 1. The average molecular weight is 407 g/mol. The SMILES string of the molecule is Cc1nn(-c2ccccc2)c2ncc3c(c12)C(=O)N(c1ccc(F)c(Cl)c1)C3=O. The number of aryl methyl sites for hydroxylation is 1. The maximum absolute atomic E-state index is 13.5. The first-order valence-corrected chi connectivity index (χ1v) is 9.13. The number of carbonyl (C=O) groups excluding carboxylic acids is 2. The number of nitrogens with zero attached hydrogens (tertiary/aromatic N) is 4. The molecule has 5 rings (SSSR count). The third-order valence-electron chi connectivity index (χ3n) is 4.88. The largest absolute Gasteiger partial charge is 0.268 e. The van der Waals surface area contributed by atoms with E-state index in [1.54, 1.807) is 11.6 Å². The summed E-state index contributed by atoms with van der Waals surface area (Å²) < 4.78 is 15.2. The molecule has 0 aliphatic carbocycles. The van der Waals surface area contributed by atoms with Crippen molar-refractivity contribution >= 4 is 40.1 Å². The molecule has 6 nitrogen and oxygen atoms in total. The van der Waals surface area contributed by atoms with Gasteiger partial charge < -0.3 is 0 Å². The van der Waals surface area contributed by atoms with Gasteiger partial charge in [-0.15, -0.1) is 0 Å². The van der Waals surface area contributed by atoms with Crippen LogP contribution >= 0.6 is 11.6 Å². The number of rotatable bonds is 2. The van der Waals surface area contributed by atoms with Gasteiger partial charge in [0, 0.05) is 6.20 Å². The van der Waals surface area contributed by atoms with Crippen LogP contribution in [0.1, 0.15) is 26.4 Å². The lowest BCUT2D eigenvalue weighted by Crippen LogP contribution is -2.29. The molecule has 0 saturated carbocycles. The Hall–Kier alpha value is -3.58. The van der Waals surface area contributed by atoms with Crippen molar-refractivity contribution in [3.8, 4) is 5.69 Å². The summed E-state index contributed by atoms with van der Waals surface area (Å²) in [5.74, 6) is -1.68. The summed E-state index contributed by atoms with van der Waals surface area (Å²) in [6.45, 7) is 1.76. The fourth-order valence-corrected chi connectivity index (χ4v) is 3.74. The number of pyridine rings is 1. The zero-order valence-corrected chi connectivity index (χ0v) is 15.8. The van der Waals surface area contributed by atoms with E-state index in [0.29, 0.717) is 16.7 Å². The minimum Gasteiger partial charge on any atom is -0.268 e. The average Bonchev–Trinajstić information content (AvgIpc) is 3.19. The number of aromatic nitrogens is 3. The maximum Gasteiger partial charge on any atom is 0.267 e. The van der Waals surface area contributed by atoms with Crippen molar-refractivity contribution in [2.75, 3.05) is 4.90 Å². The molecule has 1 aliphatic rings. The second-order valence-corrected chi connectivity index (χ2v) is 7.03. The van der Waals surface area contributed by atoms with E-state index in [1.165, 1.54) is 18.3 Å². The Bertz CT molecular complexity index is 1330. The van der Waals surface area contributed by atoms with Crippen LogP contribution in [-0.2, 0) is 0 Å². The maximum atomic E-state index is 13.5. The lowest BCUT2D eigenvalue weighted by molar-refractivity contribution is 0.0926. The van der Waals surface area contributed by atoms with Crippen molar-refractivity contribution in [1.82, 2.24) is 14.8 Å². The fraction of sp³-hybridized carbons (Fsp3) is 0.0476. The number of halogens is 2. The van der Waals surface area contributed by atoms with Crippen LogP contribution in [-0.4, -0.2) is 26.6 Å². The number of carbonyl (C=O) groups is 2. The topological polar surface area (TPSA) is 68.1 Å². The Morgan fingerprint density at radius 1 is 1.00 bits per heavy atom. The predicted molar refractivity (Wildman–Crippen MR) is 106 cm³/mol. The van der Waals surface area contributed by atoms with Crippen molar-refractivity contribution in [3.63, 3.8) is 0 Å². The molecule has 2 aromatic heterocycles. The molecule has 0 saturated heterocycles. The Morgan fingerprint density at radius 2 is 1.76 bits per heavy atom. The molecule has 0 unspecified atom stereocenters. The molecule has 4 aromatic rings. The van der Waals surface area contributed by atoms with E-state index in [0.717, 1.165) is 16.7 Å². The molecule has 0 N–H and O–H groups in total. The fourth-order valence-electron chi connectivity index (χ4n) is 3.57. The summed E-state index contributed by atoms with van der Waals surface area (Å²) in [6.07, 6.45) is 1.38. The van der Waals surface area contributed by atoms with Crippen molar-refractivity contribution in [2.24, 2.45) is 0 Å². The molecule has 2 amide bonds. The number of imide groups is 1. The number of amides is 2. The highest BCUT2D eigenvalue weighted by Gasteiger charge is 2.40.